The van der Waals surface area contributed by atoms with Gasteiger partial charge in [-0.1, -0.05) is 6.07 Å². The first-order chi connectivity index (χ1) is 5.43. The summed E-state index contributed by atoms with van der Waals surface area (Å²) in [6, 6.07) is 2.58. The first-order valence-electron chi connectivity index (χ1n) is 2.85. The lowest BCUT2D eigenvalue weighted by Crippen LogP contribution is -1.93. The lowest BCUT2D eigenvalue weighted by Gasteiger charge is -1.98. The number of rotatable bonds is 1. The van der Waals surface area contributed by atoms with Gasteiger partial charge < -0.3 is 5.11 Å². The molecule has 0 radical (unpaired) electrons. The van der Waals surface area contributed by atoms with E-state index in [1.807, 2.05) is 0 Å². The van der Waals surface area contributed by atoms with Crippen LogP contribution in [-0.4, -0.2) is 13.5 Å². The molecule has 1 rings (SSSR count). The van der Waals surface area contributed by atoms with Gasteiger partial charge in [-0.25, -0.2) is 4.39 Å². The largest absolute Gasteiger partial charge is 0.504 e. The fourth-order valence-corrected chi connectivity index (χ4v) is 1.26. The van der Waals surface area contributed by atoms with Gasteiger partial charge in [0.2, 0.25) is 0 Å². The summed E-state index contributed by atoms with van der Waals surface area (Å²) in [4.78, 5) is -1.05. The summed E-state index contributed by atoms with van der Waals surface area (Å²) in [5.74, 6) is -2.37. The van der Waals surface area contributed by atoms with Crippen molar-refractivity contribution in [2.75, 3.05) is 0 Å². The summed E-state index contributed by atoms with van der Waals surface area (Å²) in [6.45, 7) is 0. The summed E-state index contributed by atoms with van der Waals surface area (Å²) in [6.07, 6.45) is 0. The average Bonchev–Trinajstić information content (AvgIpc) is 1.92. The Labute approximate surface area is 67.5 Å². The average molecular weight is 194 g/mol. The number of halogens is 2. The van der Waals surface area contributed by atoms with Crippen LogP contribution in [0.3, 0.4) is 0 Å². The third-order valence-electron chi connectivity index (χ3n) is 1.21. The molecule has 0 aliphatic carbocycles. The second-order valence-corrected chi connectivity index (χ2v) is 3.34. The number of phenols is 1. The molecule has 0 atom stereocenters. The Morgan fingerprint density at radius 2 is 1.92 bits per heavy atom. The van der Waals surface area contributed by atoms with Crippen LogP contribution in [0.1, 0.15) is 0 Å². The minimum atomic E-state index is -5.05. The van der Waals surface area contributed by atoms with E-state index in [4.69, 9.17) is 5.11 Å². The molecule has 0 spiro atoms. The van der Waals surface area contributed by atoms with E-state index in [2.05, 4.69) is 0 Å². The summed E-state index contributed by atoms with van der Waals surface area (Å²) < 4.78 is 45.1. The normalized spacial score (nSPS) is 11.5. The summed E-state index contributed by atoms with van der Waals surface area (Å²) in [5.41, 5.74) is 0. The minimum Gasteiger partial charge on any atom is -0.504 e. The molecular formula is C6H4F2O3S. The topological polar surface area (TPSA) is 54.4 Å². The molecule has 1 aromatic carbocycles. The zero-order valence-electron chi connectivity index (χ0n) is 5.66. The summed E-state index contributed by atoms with van der Waals surface area (Å²) in [7, 11) is -5.05. The van der Waals surface area contributed by atoms with Crippen LogP contribution >= 0.6 is 0 Å². The second-order valence-electron chi connectivity index (χ2n) is 2.02. The second kappa shape index (κ2) is 2.71. The Kier molecular flexibility index (Phi) is 2.01. The lowest BCUT2D eigenvalue weighted by atomic mass is 10.3. The van der Waals surface area contributed by atoms with Crippen molar-refractivity contribution < 1.29 is 21.8 Å². The molecule has 1 aromatic rings. The molecule has 0 saturated carbocycles. The van der Waals surface area contributed by atoms with Crippen LogP contribution < -0.4 is 0 Å². The molecule has 0 unspecified atom stereocenters. The molecule has 0 amide bonds. The van der Waals surface area contributed by atoms with Crippen LogP contribution in [0.5, 0.6) is 5.75 Å². The van der Waals surface area contributed by atoms with E-state index in [9.17, 15) is 16.7 Å². The molecule has 3 nitrogen and oxygen atoms in total. The van der Waals surface area contributed by atoms with Gasteiger partial charge in [-0.2, -0.15) is 8.42 Å². The van der Waals surface area contributed by atoms with Crippen molar-refractivity contribution in [1.82, 2.24) is 0 Å². The van der Waals surface area contributed by atoms with E-state index in [0.717, 1.165) is 18.2 Å². The quantitative estimate of drug-likeness (QED) is 0.683. The first-order valence-corrected chi connectivity index (χ1v) is 4.23. The van der Waals surface area contributed by atoms with Crippen molar-refractivity contribution >= 4 is 10.2 Å². The zero-order valence-corrected chi connectivity index (χ0v) is 6.48. The standard InChI is InChI=1S/C6H4F2O3S/c7-4-2-1-3-5(6(4)9)12(8,10)11/h1-3,9H. The van der Waals surface area contributed by atoms with E-state index in [0.29, 0.717) is 0 Å². The number of phenolic OH excluding ortho intramolecular Hbond substituents is 1. The molecular weight excluding hydrogens is 190 g/mol. The van der Waals surface area contributed by atoms with E-state index >= 15 is 0 Å². The summed E-state index contributed by atoms with van der Waals surface area (Å²) >= 11 is 0. The maximum atomic E-state index is 12.4. The van der Waals surface area contributed by atoms with Crippen LogP contribution in [0.4, 0.5) is 8.28 Å². The first kappa shape index (κ1) is 8.92. The minimum absolute atomic E-state index is 0.772. The van der Waals surface area contributed by atoms with Crippen molar-refractivity contribution in [3.05, 3.63) is 24.0 Å². The molecule has 0 fully saturated rings. The van der Waals surface area contributed by atoms with E-state index in [-0.39, 0.29) is 0 Å². The molecule has 6 heteroatoms. The van der Waals surface area contributed by atoms with Crippen LogP contribution in [0.25, 0.3) is 0 Å². The van der Waals surface area contributed by atoms with Gasteiger partial charge in [-0.3, -0.25) is 0 Å². The highest BCUT2D eigenvalue weighted by atomic mass is 32.3. The molecule has 0 bridgehead atoms. The van der Waals surface area contributed by atoms with Gasteiger partial charge in [0.25, 0.3) is 0 Å². The van der Waals surface area contributed by atoms with Crippen molar-refractivity contribution in [3.8, 4) is 5.75 Å². The van der Waals surface area contributed by atoms with Gasteiger partial charge in [0.05, 0.1) is 0 Å². The number of hydrogen-bond donors (Lipinski definition) is 1. The smallest absolute Gasteiger partial charge is 0.335 e. The van der Waals surface area contributed by atoms with Crippen LogP contribution in [-0.2, 0) is 10.2 Å². The molecule has 0 aromatic heterocycles. The predicted octanol–water partition coefficient (Wildman–Crippen LogP) is 1.19. The maximum absolute atomic E-state index is 12.4. The molecule has 0 saturated heterocycles. The van der Waals surface area contributed by atoms with Gasteiger partial charge in [0, 0.05) is 0 Å². The third kappa shape index (κ3) is 1.53. The van der Waals surface area contributed by atoms with Crippen molar-refractivity contribution in [1.29, 1.82) is 0 Å². The fourth-order valence-electron chi connectivity index (χ4n) is 0.692. The fraction of sp³-hybridized carbons (Fsp3) is 0. The van der Waals surface area contributed by atoms with E-state index in [1.54, 1.807) is 0 Å². The van der Waals surface area contributed by atoms with Crippen LogP contribution in [0, 0.1) is 5.82 Å². The highest BCUT2D eigenvalue weighted by Gasteiger charge is 2.19. The molecule has 1 N–H and O–H groups in total. The maximum Gasteiger partial charge on any atom is 0.335 e. The third-order valence-corrected chi connectivity index (χ3v) is 2.07. The Balaban J connectivity index is 3.47. The number of para-hydroxylation sites is 1. The highest BCUT2D eigenvalue weighted by Crippen LogP contribution is 2.26. The van der Waals surface area contributed by atoms with Crippen LogP contribution in [0.2, 0.25) is 0 Å². The zero-order chi connectivity index (χ0) is 9.35. The van der Waals surface area contributed by atoms with Gasteiger partial charge >= 0.3 is 10.2 Å². The molecule has 0 heterocycles. The van der Waals surface area contributed by atoms with Crippen molar-refractivity contribution in [2.45, 2.75) is 4.90 Å². The van der Waals surface area contributed by atoms with Gasteiger partial charge in [-0.05, 0) is 12.1 Å². The monoisotopic (exact) mass is 194 g/mol. The Morgan fingerprint density at radius 3 is 2.33 bits per heavy atom. The highest BCUT2D eigenvalue weighted by molar-refractivity contribution is 7.86. The molecule has 0 aliphatic heterocycles. The number of hydrogen-bond acceptors (Lipinski definition) is 3. The van der Waals surface area contributed by atoms with Gasteiger partial charge in [0.1, 0.15) is 4.90 Å². The molecule has 12 heavy (non-hydrogen) atoms. The van der Waals surface area contributed by atoms with E-state index < -0.39 is 26.7 Å². The number of aromatic hydroxyl groups is 1. The summed E-state index contributed by atoms with van der Waals surface area (Å²) in [5, 5.41) is 8.74. The Morgan fingerprint density at radius 1 is 1.33 bits per heavy atom. The van der Waals surface area contributed by atoms with Crippen molar-refractivity contribution in [2.24, 2.45) is 0 Å². The molecule has 0 aliphatic rings. The van der Waals surface area contributed by atoms with Gasteiger partial charge in [0.15, 0.2) is 11.6 Å². The van der Waals surface area contributed by atoms with Gasteiger partial charge in [-0.15, -0.1) is 3.89 Å². The Hall–Kier alpha value is -1.17. The SMILES string of the molecule is O=S(=O)(F)c1cccc(F)c1O. The number of benzene rings is 1. The van der Waals surface area contributed by atoms with E-state index in [1.165, 1.54) is 0 Å². The Bertz CT molecular complexity index is 399. The lowest BCUT2D eigenvalue weighted by molar-refractivity contribution is 0.415. The van der Waals surface area contributed by atoms with Crippen molar-refractivity contribution in [3.63, 3.8) is 0 Å². The molecule has 66 valence electrons. The predicted molar refractivity (Wildman–Crippen MR) is 36.4 cm³/mol. The van der Waals surface area contributed by atoms with Crippen LogP contribution in [0.15, 0.2) is 23.1 Å².